The van der Waals surface area contributed by atoms with Crippen molar-refractivity contribution in [3.63, 3.8) is 0 Å². The molecule has 0 spiro atoms. The summed E-state index contributed by atoms with van der Waals surface area (Å²) in [6, 6.07) is 0. The summed E-state index contributed by atoms with van der Waals surface area (Å²) in [5, 5.41) is 4.06. The number of nitrogens with zero attached hydrogens (tertiary/aromatic N) is 3. The number of thiol groups is 1. The van der Waals surface area contributed by atoms with Crippen LogP contribution in [0.25, 0.3) is 0 Å². The molecular weight excluding hydrogens is 198 g/mol. The molecule has 1 saturated carbocycles. The minimum atomic E-state index is -0.0296. The third-order valence-corrected chi connectivity index (χ3v) is 3.79. The van der Waals surface area contributed by atoms with Crippen LogP contribution in [-0.2, 0) is 13.6 Å². The largest absolute Gasteiger partial charge is 0.345 e. The first-order valence-corrected chi connectivity index (χ1v) is 5.49. The molecule has 2 rings (SSSR count). The number of hydrogen-bond donors (Lipinski definition) is 1. The smallest absolute Gasteiger partial charge is 0.285 e. The Balaban J connectivity index is 2.18. The van der Waals surface area contributed by atoms with Crippen LogP contribution in [0.4, 0.5) is 0 Å². The van der Waals surface area contributed by atoms with Crippen LogP contribution in [0, 0.1) is 5.41 Å². The van der Waals surface area contributed by atoms with Gasteiger partial charge in [0.1, 0.15) is 6.33 Å². The third-order valence-electron chi connectivity index (χ3n) is 3.12. The van der Waals surface area contributed by atoms with E-state index in [1.165, 1.54) is 23.8 Å². The lowest BCUT2D eigenvalue weighted by atomic mass is 9.70. The zero-order chi connectivity index (χ0) is 10.2. The summed E-state index contributed by atoms with van der Waals surface area (Å²) in [5.41, 5.74) is 0.194. The maximum atomic E-state index is 11.5. The maximum Gasteiger partial charge on any atom is 0.345 e. The van der Waals surface area contributed by atoms with Crippen LogP contribution >= 0.6 is 12.6 Å². The lowest BCUT2D eigenvalue weighted by molar-refractivity contribution is 0.130. The van der Waals surface area contributed by atoms with E-state index in [9.17, 15) is 4.79 Å². The van der Waals surface area contributed by atoms with Gasteiger partial charge in [0.2, 0.25) is 0 Å². The van der Waals surface area contributed by atoms with Gasteiger partial charge < -0.3 is 0 Å². The van der Waals surface area contributed by atoms with Gasteiger partial charge in [-0.15, -0.1) is 0 Å². The standard InChI is InChI=1S/C9H15N3OS/c1-11-7-10-12(8(11)13)5-9(6-14)3-2-4-9/h7,14H,2-6H2,1H3. The molecule has 1 aromatic rings. The molecule has 1 aliphatic rings. The molecule has 0 unspecified atom stereocenters. The van der Waals surface area contributed by atoms with Crippen molar-refractivity contribution in [1.29, 1.82) is 0 Å². The molecule has 78 valence electrons. The lowest BCUT2D eigenvalue weighted by Crippen LogP contribution is -2.39. The number of hydrogen-bond acceptors (Lipinski definition) is 3. The Hall–Kier alpha value is -0.710. The van der Waals surface area contributed by atoms with Crippen molar-refractivity contribution in [3.8, 4) is 0 Å². The fourth-order valence-electron chi connectivity index (χ4n) is 1.89. The van der Waals surface area contributed by atoms with E-state index in [0.717, 1.165) is 12.3 Å². The minimum Gasteiger partial charge on any atom is -0.285 e. The highest BCUT2D eigenvalue weighted by atomic mass is 32.1. The van der Waals surface area contributed by atoms with E-state index >= 15 is 0 Å². The molecule has 0 amide bonds. The highest BCUT2D eigenvalue weighted by Crippen LogP contribution is 2.42. The number of aromatic nitrogens is 3. The summed E-state index contributed by atoms with van der Waals surface area (Å²) >= 11 is 4.35. The third kappa shape index (κ3) is 1.49. The summed E-state index contributed by atoms with van der Waals surface area (Å²) in [5.74, 6) is 0.843. The van der Waals surface area contributed by atoms with Crippen LogP contribution < -0.4 is 5.69 Å². The second kappa shape index (κ2) is 3.46. The zero-order valence-electron chi connectivity index (χ0n) is 8.31. The average molecular weight is 213 g/mol. The van der Waals surface area contributed by atoms with Crippen LogP contribution in [0.15, 0.2) is 11.1 Å². The first-order chi connectivity index (χ1) is 6.67. The van der Waals surface area contributed by atoms with E-state index < -0.39 is 0 Å². The molecule has 1 aliphatic carbocycles. The van der Waals surface area contributed by atoms with Crippen molar-refractivity contribution in [1.82, 2.24) is 14.3 Å². The molecule has 0 N–H and O–H groups in total. The van der Waals surface area contributed by atoms with Crippen molar-refractivity contribution in [3.05, 3.63) is 16.8 Å². The summed E-state index contributed by atoms with van der Waals surface area (Å²) in [6.45, 7) is 0.718. The van der Waals surface area contributed by atoms with Gasteiger partial charge in [-0.2, -0.15) is 17.7 Å². The van der Waals surface area contributed by atoms with Crippen LogP contribution in [0.1, 0.15) is 19.3 Å². The molecule has 1 aromatic heterocycles. The monoisotopic (exact) mass is 213 g/mol. The second-order valence-electron chi connectivity index (χ2n) is 4.19. The first kappa shape index (κ1) is 9.83. The zero-order valence-corrected chi connectivity index (χ0v) is 9.20. The molecule has 1 fully saturated rings. The molecule has 0 radical (unpaired) electrons. The lowest BCUT2D eigenvalue weighted by Gasteiger charge is -2.40. The van der Waals surface area contributed by atoms with Crippen molar-refractivity contribution in [2.45, 2.75) is 25.8 Å². The SMILES string of the molecule is Cn1cnn(CC2(CS)CCC2)c1=O. The molecular formula is C9H15N3OS. The van der Waals surface area contributed by atoms with E-state index in [1.807, 2.05) is 0 Å². The van der Waals surface area contributed by atoms with Crippen molar-refractivity contribution >= 4 is 12.6 Å². The Kier molecular flexibility index (Phi) is 2.43. The number of aryl methyl sites for hydroxylation is 1. The summed E-state index contributed by atoms with van der Waals surface area (Å²) in [6.07, 6.45) is 5.15. The Bertz CT molecular complexity index is 372. The molecule has 14 heavy (non-hydrogen) atoms. The predicted octanol–water partition coefficient (Wildman–Crippen LogP) is 0.682. The van der Waals surface area contributed by atoms with E-state index in [1.54, 1.807) is 18.1 Å². The highest BCUT2D eigenvalue weighted by Gasteiger charge is 2.36. The molecule has 5 heteroatoms. The Labute approximate surface area is 88.3 Å². The summed E-state index contributed by atoms with van der Waals surface area (Å²) in [7, 11) is 1.72. The van der Waals surface area contributed by atoms with Gasteiger partial charge in [0.25, 0.3) is 0 Å². The molecule has 0 bridgehead atoms. The quantitative estimate of drug-likeness (QED) is 0.750. The van der Waals surface area contributed by atoms with Gasteiger partial charge in [0.05, 0.1) is 6.54 Å². The predicted molar refractivity (Wildman–Crippen MR) is 57.6 cm³/mol. The fraction of sp³-hybridized carbons (Fsp3) is 0.778. The molecule has 1 heterocycles. The van der Waals surface area contributed by atoms with Crippen LogP contribution in [0.5, 0.6) is 0 Å². The highest BCUT2D eigenvalue weighted by molar-refractivity contribution is 7.80. The van der Waals surface area contributed by atoms with Gasteiger partial charge in [0, 0.05) is 7.05 Å². The van der Waals surface area contributed by atoms with Crippen molar-refractivity contribution in [2.24, 2.45) is 12.5 Å². The fourth-order valence-corrected chi connectivity index (χ4v) is 2.31. The number of rotatable bonds is 3. The van der Waals surface area contributed by atoms with E-state index in [0.29, 0.717) is 0 Å². The molecule has 0 aromatic carbocycles. The van der Waals surface area contributed by atoms with E-state index in [-0.39, 0.29) is 11.1 Å². The van der Waals surface area contributed by atoms with Gasteiger partial charge >= 0.3 is 5.69 Å². The van der Waals surface area contributed by atoms with Crippen LogP contribution in [0.3, 0.4) is 0 Å². The Morgan fingerprint density at radius 3 is 2.71 bits per heavy atom. The first-order valence-electron chi connectivity index (χ1n) is 4.86. The van der Waals surface area contributed by atoms with Gasteiger partial charge in [-0.3, -0.25) is 4.57 Å². The second-order valence-corrected chi connectivity index (χ2v) is 4.51. The summed E-state index contributed by atoms with van der Waals surface area (Å²) in [4.78, 5) is 11.5. The maximum absolute atomic E-state index is 11.5. The van der Waals surface area contributed by atoms with Gasteiger partial charge in [0.15, 0.2) is 0 Å². The topological polar surface area (TPSA) is 39.8 Å². The van der Waals surface area contributed by atoms with Crippen LogP contribution in [-0.4, -0.2) is 20.1 Å². The van der Waals surface area contributed by atoms with Crippen LogP contribution in [0.2, 0.25) is 0 Å². The van der Waals surface area contributed by atoms with Gasteiger partial charge in [-0.25, -0.2) is 9.48 Å². The van der Waals surface area contributed by atoms with Gasteiger partial charge in [-0.05, 0) is 24.0 Å². The molecule has 4 nitrogen and oxygen atoms in total. The van der Waals surface area contributed by atoms with Crippen molar-refractivity contribution < 1.29 is 0 Å². The average Bonchev–Trinajstić information content (AvgIpc) is 2.42. The molecule has 0 aliphatic heterocycles. The minimum absolute atomic E-state index is 0.0296. The van der Waals surface area contributed by atoms with E-state index in [4.69, 9.17) is 0 Å². The van der Waals surface area contributed by atoms with Crippen molar-refractivity contribution in [2.75, 3.05) is 5.75 Å². The molecule has 0 atom stereocenters. The van der Waals surface area contributed by atoms with E-state index in [2.05, 4.69) is 17.7 Å². The van der Waals surface area contributed by atoms with Gasteiger partial charge in [-0.1, -0.05) is 6.42 Å². The Morgan fingerprint density at radius 2 is 2.36 bits per heavy atom. The Morgan fingerprint density at radius 1 is 1.64 bits per heavy atom. The summed E-state index contributed by atoms with van der Waals surface area (Å²) < 4.78 is 3.06. The molecule has 0 saturated heterocycles. The normalized spacial score (nSPS) is 19.3.